The van der Waals surface area contributed by atoms with Gasteiger partial charge in [-0.3, -0.25) is 4.79 Å². The molecule has 1 amide bonds. The van der Waals surface area contributed by atoms with Crippen molar-refractivity contribution in [2.24, 2.45) is 0 Å². The van der Waals surface area contributed by atoms with Crippen molar-refractivity contribution in [1.82, 2.24) is 15.4 Å². The number of carbonyl (C=O) groups excluding carboxylic acids is 1. The van der Waals surface area contributed by atoms with E-state index >= 15 is 0 Å². The molecule has 2 aliphatic rings. The lowest BCUT2D eigenvalue weighted by atomic mass is 9.77. The second kappa shape index (κ2) is 6.70. The number of carbonyl (C=O) groups is 1. The molecule has 0 aromatic carbocycles. The Kier molecular flexibility index (Phi) is 4.92. The lowest BCUT2D eigenvalue weighted by Crippen LogP contribution is -2.62. The van der Waals surface area contributed by atoms with Crippen LogP contribution in [0.4, 0.5) is 0 Å². The summed E-state index contributed by atoms with van der Waals surface area (Å²) in [5.41, 5.74) is 0.217. The summed E-state index contributed by atoms with van der Waals surface area (Å²) in [5.74, 6) is 0.584. The van der Waals surface area contributed by atoms with Crippen LogP contribution in [-0.4, -0.2) is 65.1 Å². The van der Waals surface area contributed by atoms with E-state index in [1.165, 1.54) is 0 Å². The number of nitrogens with one attached hydrogen (secondary N) is 1. The zero-order valence-electron chi connectivity index (χ0n) is 15.6. The maximum absolute atomic E-state index is 12.9. The zero-order valence-corrected chi connectivity index (χ0v) is 15.6. The van der Waals surface area contributed by atoms with Crippen molar-refractivity contribution in [3.05, 3.63) is 17.0 Å². The van der Waals surface area contributed by atoms with Gasteiger partial charge in [-0.15, -0.1) is 0 Å². The van der Waals surface area contributed by atoms with E-state index in [2.05, 4.69) is 10.5 Å². The highest BCUT2D eigenvalue weighted by Gasteiger charge is 2.48. The van der Waals surface area contributed by atoms with Gasteiger partial charge in [-0.1, -0.05) is 12.1 Å². The van der Waals surface area contributed by atoms with E-state index < -0.39 is 5.60 Å². The van der Waals surface area contributed by atoms with Crippen molar-refractivity contribution in [1.29, 1.82) is 0 Å². The van der Waals surface area contributed by atoms with E-state index in [1.54, 1.807) is 13.8 Å². The summed E-state index contributed by atoms with van der Waals surface area (Å²) >= 11 is 0. The van der Waals surface area contributed by atoms with Gasteiger partial charge in [-0.05, 0) is 46.6 Å². The van der Waals surface area contributed by atoms with Crippen molar-refractivity contribution in [3.8, 4) is 0 Å². The fourth-order valence-corrected chi connectivity index (χ4v) is 4.02. The fourth-order valence-electron chi connectivity index (χ4n) is 4.02. The second-order valence-corrected chi connectivity index (χ2v) is 7.58. The lowest BCUT2D eigenvalue weighted by molar-refractivity contribution is -0.189. The third-order valence-electron chi connectivity index (χ3n) is 5.79. The summed E-state index contributed by atoms with van der Waals surface area (Å²) < 4.78 is 11.3. The topological polar surface area (TPSA) is 87.8 Å². The van der Waals surface area contributed by atoms with Crippen LogP contribution in [0.5, 0.6) is 0 Å². The molecular formula is C18H29N3O4. The molecule has 140 valence electrons. The maximum atomic E-state index is 12.9. The predicted octanol–water partition coefficient (Wildman–Crippen LogP) is 1.28. The summed E-state index contributed by atoms with van der Waals surface area (Å²) in [6.07, 6.45) is 2.99. The zero-order chi connectivity index (χ0) is 18.2. The number of hydrogen-bond donors (Lipinski definition) is 2. The van der Waals surface area contributed by atoms with Crippen molar-refractivity contribution >= 4 is 5.91 Å². The van der Waals surface area contributed by atoms with Crippen molar-refractivity contribution in [3.63, 3.8) is 0 Å². The molecule has 2 fully saturated rings. The van der Waals surface area contributed by atoms with Gasteiger partial charge in [-0.2, -0.15) is 0 Å². The first kappa shape index (κ1) is 18.4. The Morgan fingerprint density at radius 3 is 2.72 bits per heavy atom. The number of rotatable bonds is 3. The van der Waals surface area contributed by atoms with Gasteiger partial charge >= 0.3 is 0 Å². The minimum atomic E-state index is -0.859. The van der Waals surface area contributed by atoms with Crippen LogP contribution in [0.2, 0.25) is 0 Å². The van der Waals surface area contributed by atoms with E-state index in [4.69, 9.17) is 9.26 Å². The van der Waals surface area contributed by atoms with Crippen LogP contribution in [0.1, 0.15) is 54.9 Å². The van der Waals surface area contributed by atoms with Gasteiger partial charge in [0, 0.05) is 19.1 Å². The molecular weight excluding hydrogens is 322 g/mol. The van der Waals surface area contributed by atoms with Gasteiger partial charge in [0.25, 0.3) is 5.91 Å². The minimum Gasteiger partial charge on any atom is -0.386 e. The van der Waals surface area contributed by atoms with Crippen LogP contribution in [0.3, 0.4) is 0 Å². The molecule has 7 nitrogen and oxygen atoms in total. The van der Waals surface area contributed by atoms with Crippen LogP contribution in [0.15, 0.2) is 4.52 Å². The summed E-state index contributed by atoms with van der Waals surface area (Å²) in [7, 11) is 1.87. The fraction of sp³-hybridized carbons (Fsp3) is 0.778. The molecule has 2 N–H and O–H groups in total. The standard InChI is InChI=1S/C18H29N3O4/c1-5-13-15(12(2)25-20-13)16(22)21-8-6-18(7-9-21)10-14(19-4)17(3,23)11-24-18/h14,19,23H,5-11H2,1-4H3/t14-,17-/m0/s1. The predicted molar refractivity (Wildman–Crippen MR) is 92.5 cm³/mol. The highest BCUT2D eigenvalue weighted by atomic mass is 16.5. The summed E-state index contributed by atoms with van der Waals surface area (Å²) in [4.78, 5) is 14.8. The number of likely N-dealkylation sites (N-methyl/N-ethyl adjacent to an activating group) is 1. The summed E-state index contributed by atoms with van der Waals surface area (Å²) in [6, 6.07) is -0.00415. The molecule has 3 heterocycles. The van der Waals surface area contributed by atoms with Crippen molar-refractivity contribution < 1.29 is 19.2 Å². The average molecular weight is 351 g/mol. The number of aliphatic hydroxyl groups is 1. The number of aromatic nitrogens is 1. The van der Waals surface area contributed by atoms with E-state index in [-0.39, 0.29) is 17.6 Å². The Morgan fingerprint density at radius 1 is 1.44 bits per heavy atom. The van der Waals surface area contributed by atoms with Crippen LogP contribution in [0, 0.1) is 6.92 Å². The Balaban J connectivity index is 1.68. The number of ether oxygens (including phenoxy) is 1. The average Bonchev–Trinajstić information content (AvgIpc) is 2.98. The summed E-state index contributed by atoms with van der Waals surface area (Å²) in [6.45, 7) is 7.17. The number of piperidine rings is 1. The molecule has 1 aromatic rings. The monoisotopic (exact) mass is 351 g/mol. The van der Waals surface area contributed by atoms with Gasteiger partial charge in [0.2, 0.25) is 0 Å². The van der Waals surface area contributed by atoms with Gasteiger partial charge < -0.3 is 24.6 Å². The van der Waals surface area contributed by atoms with Crippen molar-refractivity contribution in [2.45, 2.75) is 63.7 Å². The number of amides is 1. The molecule has 25 heavy (non-hydrogen) atoms. The van der Waals surface area contributed by atoms with E-state index in [0.29, 0.717) is 37.4 Å². The van der Waals surface area contributed by atoms with Crippen molar-refractivity contribution in [2.75, 3.05) is 26.7 Å². The first-order chi connectivity index (χ1) is 11.8. The number of likely N-dealkylation sites (tertiary alicyclic amines) is 1. The molecule has 0 saturated carbocycles. The Morgan fingerprint density at radius 2 is 2.12 bits per heavy atom. The molecule has 3 rings (SSSR count). The maximum Gasteiger partial charge on any atom is 0.259 e. The highest BCUT2D eigenvalue weighted by molar-refractivity contribution is 5.96. The smallest absolute Gasteiger partial charge is 0.259 e. The van der Waals surface area contributed by atoms with Crippen LogP contribution >= 0.6 is 0 Å². The highest BCUT2D eigenvalue weighted by Crippen LogP contribution is 2.38. The molecule has 0 bridgehead atoms. The van der Waals surface area contributed by atoms with Crippen LogP contribution in [0.25, 0.3) is 0 Å². The Hall–Kier alpha value is -1.44. The van der Waals surface area contributed by atoms with Crippen LogP contribution in [-0.2, 0) is 11.2 Å². The quantitative estimate of drug-likeness (QED) is 0.853. The number of hydrogen-bond acceptors (Lipinski definition) is 6. The van der Waals surface area contributed by atoms with Gasteiger partial charge in [0.05, 0.1) is 17.9 Å². The minimum absolute atomic E-state index is 0.00146. The molecule has 2 saturated heterocycles. The molecule has 1 aromatic heterocycles. The van der Waals surface area contributed by atoms with Gasteiger partial charge in [0.1, 0.15) is 16.9 Å². The molecule has 2 aliphatic heterocycles. The van der Waals surface area contributed by atoms with E-state index in [1.807, 2.05) is 18.9 Å². The van der Waals surface area contributed by atoms with Crippen LogP contribution < -0.4 is 5.32 Å². The van der Waals surface area contributed by atoms with E-state index in [0.717, 1.165) is 25.0 Å². The SMILES string of the molecule is CCc1noc(C)c1C(=O)N1CCC2(CC1)C[C@H](NC)[C@@](C)(O)CO2. The molecule has 1 spiro atoms. The molecule has 0 aliphatic carbocycles. The van der Waals surface area contributed by atoms with E-state index in [9.17, 15) is 9.90 Å². The number of nitrogens with zero attached hydrogens (tertiary/aromatic N) is 2. The normalized spacial score (nSPS) is 29.2. The van der Waals surface area contributed by atoms with Gasteiger partial charge in [-0.25, -0.2) is 0 Å². The third kappa shape index (κ3) is 3.32. The third-order valence-corrected chi connectivity index (χ3v) is 5.79. The molecule has 0 unspecified atom stereocenters. The molecule has 2 atom stereocenters. The largest absolute Gasteiger partial charge is 0.386 e. The Bertz CT molecular complexity index is 632. The second-order valence-electron chi connectivity index (χ2n) is 7.58. The molecule has 7 heteroatoms. The number of aryl methyl sites for hydroxylation is 2. The van der Waals surface area contributed by atoms with Gasteiger partial charge in [0.15, 0.2) is 0 Å². The first-order valence-corrected chi connectivity index (χ1v) is 9.10. The summed E-state index contributed by atoms with van der Waals surface area (Å²) in [5, 5.41) is 17.6. The lowest BCUT2D eigenvalue weighted by Gasteiger charge is -2.50. The Labute approximate surface area is 148 Å². The molecule has 0 radical (unpaired) electrons. The first-order valence-electron chi connectivity index (χ1n) is 9.10.